The van der Waals surface area contributed by atoms with Crippen LogP contribution in [0.1, 0.15) is 26.2 Å². The summed E-state index contributed by atoms with van der Waals surface area (Å²) in [5, 5.41) is 0. The molecule has 4 fully saturated rings. The van der Waals surface area contributed by atoms with Crippen molar-refractivity contribution in [2.24, 2.45) is 11.8 Å². The highest BCUT2D eigenvalue weighted by Crippen LogP contribution is 2.44. The molecular weight excluding hydrogens is 228 g/mol. The fourth-order valence-electron chi connectivity index (χ4n) is 4.41. The van der Waals surface area contributed by atoms with Gasteiger partial charge in [-0.1, -0.05) is 6.92 Å². The Labute approximate surface area is 109 Å². The molecule has 4 nitrogen and oxygen atoms in total. The van der Waals surface area contributed by atoms with Crippen molar-refractivity contribution in [3.8, 4) is 0 Å². The van der Waals surface area contributed by atoms with Crippen LogP contribution in [0.15, 0.2) is 0 Å². The molecule has 0 spiro atoms. The summed E-state index contributed by atoms with van der Waals surface area (Å²) in [5.74, 6) is 1.51. The van der Waals surface area contributed by atoms with Crippen LogP contribution in [-0.2, 0) is 9.53 Å². The van der Waals surface area contributed by atoms with E-state index in [4.69, 9.17) is 4.74 Å². The Balaban J connectivity index is 1.85. The SMILES string of the molecule is CCCN1CC2C3CCN(CC3)C2C1C(=O)OC. The van der Waals surface area contributed by atoms with Crippen molar-refractivity contribution in [3.63, 3.8) is 0 Å². The zero-order valence-electron chi connectivity index (χ0n) is 11.5. The first-order valence-corrected chi connectivity index (χ1v) is 7.32. The van der Waals surface area contributed by atoms with E-state index in [9.17, 15) is 4.79 Å². The highest BCUT2D eigenvalue weighted by molar-refractivity contribution is 5.77. The van der Waals surface area contributed by atoms with E-state index in [0.717, 1.165) is 25.4 Å². The van der Waals surface area contributed by atoms with Gasteiger partial charge in [-0.2, -0.15) is 0 Å². The maximum atomic E-state index is 12.1. The van der Waals surface area contributed by atoms with Gasteiger partial charge in [0.1, 0.15) is 6.04 Å². The fourth-order valence-corrected chi connectivity index (χ4v) is 4.41. The normalized spacial score (nSPS) is 42.9. The van der Waals surface area contributed by atoms with Crippen molar-refractivity contribution in [2.75, 3.05) is 33.3 Å². The van der Waals surface area contributed by atoms with Crippen LogP contribution >= 0.6 is 0 Å². The highest BCUT2D eigenvalue weighted by Gasteiger charge is 2.54. The van der Waals surface area contributed by atoms with Crippen LogP contribution in [0, 0.1) is 11.8 Å². The van der Waals surface area contributed by atoms with Gasteiger partial charge in [0.15, 0.2) is 0 Å². The number of nitrogens with zero attached hydrogens (tertiary/aromatic N) is 2. The van der Waals surface area contributed by atoms with E-state index in [1.165, 1.54) is 33.0 Å². The third kappa shape index (κ3) is 1.77. The van der Waals surface area contributed by atoms with Crippen LogP contribution in [0.2, 0.25) is 0 Å². The molecule has 4 rings (SSSR count). The Bertz CT molecular complexity index is 326. The number of ether oxygens (including phenoxy) is 1. The van der Waals surface area contributed by atoms with Crippen molar-refractivity contribution in [2.45, 2.75) is 38.3 Å². The molecule has 4 aliphatic rings. The second-order valence-corrected chi connectivity index (χ2v) is 5.99. The molecule has 4 aliphatic heterocycles. The van der Waals surface area contributed by atoms with Gasteiger partial charge >= 0.3 is 5.97 Å². The number of hydrogen-bond donors (Lipinski definition) is 0. The smallest absolute Gasteiger partial charge is 0.324 e. The number of methoxy groups -OCH3 is 1. The summed E-state index contributed by atoms with van der Waals surface area (Å²) >= 11 is 0. The Morgan fingerprint density at radius 2 is 2.06 bits per heavy atom. The van der Waals surface area contributed by atoms with E-state index < -0.39 is 0 Å². The molecule has 0 aromatic rings. The number of carbonyl (C=O) groups is 1. The lowest BCUT2D eigenvalue weighted by atomic mass is 9.74. The third-order valence-corrected chi connectivity index (χ3v) is 5.16. The number of hydrogen-bond acceptors (Lipinski definition) is 4. The van der Waals surface area contributed by atoms with E-state index in [-0.39, 0.29) is 12.0 Å². The number of piperidine rings is 3. The summed E-state index contributed by atoms with van der Waals surface area (Å²) in [6, 6.07) is 0.416. The van der Waals surface area contributed by atoms with Crippen LogP contribution < -0.4 is 0 Å². The summed E-state index contributed by atoms with van der Waals surface area (Å²) in [6.07, 6.45) is 3.77. The van der Waals surface area contributed by atoms with Gasteiger partial charge in [-0.15, -0.1) is 0 Å². The summed E-state index contributed by atoms with van der Waals surface area (Å²) in [6.45, 7) is 6.66. The van der Waals surface area contributed by atoms with Crippen LogP contribution in [0.3, 0.4) is 0 Å². The van der Waals surface area contributed by atoms with Crippen LogP contribution in [-0.4, -0.2) is 61.1 Å². The summed E-state index contributed by atoms with van der Waals surface area (Å²) < 4.78 is 5.06. The largest absolute Gasteiger partial charge is 0.468 e. The average molecular weight is 252 g/mol. The molecule has 18 heavy (non-hydrogen) atoms. The summed E-state index contributed by atoms with van der Waals surface area (Å²) in [4.78, 5) is 17.1. The van der Waals surface area contributed by atoms with Crippen molar-refractivity contribution in [1.82, 2.24) is 9.80 Å². The predicted molar refractivity (Wildman–Crippen MR) is 69.2 cm³/mol. The molecule has 0 amide bonds. The van der Waals surface area contributed by atoms with Gasteiger partial charge in [-0.25, -0.2) is 0 Å². The van der Waals surface area contributed by atoms with Crippen molar-refractivity contribution in [3.05, 3.63) is 0 Å². The molecule has 4 saturated heterocycles. The molecule has 0 aromatic heterocycles. The molecular formula is C14H24N2O2. The lowest BCUT2D eigenvalue weighted by Crippen LogP contribution is -2.59. The van der Waals surface area contributed by atoms with E-state index in [2.05, 4.69) is 16.7 Å². The second kappa shape index (κ2) is 4.82. The van der Waals surface area contributed by atoms with E-state index >= 15 is 0 Å². The molecule has 4 heteroatoms. The Kier molecular flexibility index (Phi) is 3.32. The van der Waals surface area contributed by atoms with Gasteiger partial charge in [0.05, 0.1) is 7.11 Å². The Morgan fingerprint density at radius 1 is 1.33 bits per heavy atom. The van der Waals surface area contributed by atoms with Crippen molar-refractivity contribution < 1.29 is 9.53 Å². The van der Waals surface area contributed by atoms with Gasteiger partial charge in [-0.05, 0) is 50.7 Å². The van der Waals surface area contributed by atoms with Crippen LogP contribution in [0.25, 0.3) is 0 Å². The standard InChI is InChI=1S/C14H24N2O2/c1-3-6-16-9-11-10-4-7-15(8-5-10)12(11)13(16)14(17)18-2/h10-13H,3-9H2,1-2H3. The zero-order valence-corrected chi connectivity index (χ0v) is 11.5. The molecule has 0 radical (unpaired) electrons. The Hall–Kier alpha value is -0.610. The minimum atomic E-state index is -0.0245. The second-order valence-electron chi connectivity index (χ2n) is 5.99. The number of fused-ring (bicyclic) bond motifs is 2. The molecule has 3 unspecified atom stereocenters. The number of rotatable bonds is 3. The Morgan fingerprint density at radius 3 is 2.67 bits per heavy atom. The first kappa shape index (κ1) is 12.4. The number of likely N-dealkylation sites (tertiary alicyclic amines) is 1. The summed E-state index contributed by atoms with van der Waals surface area (Å²) in [5.41, 5.74) is 0. The van der Waals surface area contributed by atoms with E-state index in [1.807, 2.05) is 0 Å². The lowest BCUT2D eigenvalue weighted by molar-refractivity contribution is -0.149. The van der Waals surface area contributed by atoms with E-state index in [0.29, 0.717) is 12.0 Å². The number of esters is 1. The maximum absolute atomic E-state index is 12.1. The van der Waals surface area contributed by atoms with Gasteiger partial charge in [0, 0.05) is 12.6 Å². The molecule has 2 bridgehead atoms. The van der Waals surface area contributed by atoms with Crippen molar-refractivity contribution >= 4 is 5.97 Å². The van der Waals surface area contributed by atoms with E-state index in [1.54, 1.807) is 0 Å². The topological polar surface area (TPSA) is 32.8 Å². The van der Waals surface area contributed by atoms with Crippen molar-refractivity contribution in [1.29, 1.82) is 0 Å². The molecule has 102 valence electrons. The quantitative estimate of drug-likeness (QED) is 0.701. The molecule has 4 heterocycles. The van der Waals surface area contributed by atoms with Crippen LogP contribution in [0.4, 0.5) is 0 Å². The van der Waals surface area contributed by atoms with Gasteiger partial charge < -0.3 is 4.74 Å². The van der Waals surface area contributed by atoms with Gasteiger partial charge in [0.25, 0.3) is 0 Å². The maximum Gasteiger partial charge on any atom is 0.324 e. The molecule has 0 N–H and O–H groups in total. The van der Waals surface area contributed by atoms with Gasteiger partial charge in [-0.3, -0.25) is 14.6 Å². The minimum absolute atomic E-state index is 0.0111. The summed E-state index contributed by atoms with van der Waals surface area (Å²) in [7, 11) is 1.52. The average Bonchev–Trinajstić information content (AvgIpc) is 2.80. The molecule has 0 saturated carbocycles. The highest BCUT2D eigenvalue weighted by atomic mass is 16.5. The first-order valence-electron chi connectivity index (χ1n) is 7.32. The monoisotopic (exact) mass is 252 g/mol. The first-order chi connectivity index (χ1) is 8.76. The number of carbonyl (C=O) groups excluding carboxylic acids is 1. The van der Waals surface area contributed by atoms with Gasteiger partial charge in [0.2, 0.25) is 0 Å². The molecule has 3 atom stereocenters. The lowest BCUT2D eigenvalue weighted by Gasteiger charge is -2.49. The molecule has 0 aromatic carbocycles. The minimum Gasteiger partial charge on any atom is -0.468 e. The third-order valence-electron chi connectivity index (χ3n) is 5.16. The zero-order chi connectivity index (χ0) is 12.7. The predicted octanol–water partition coefficient (Wildman–Crippen LogP) is 0.964. The fraction of sp³-hybridized carbons (Fsp3) is 0.929. The van der Waals surface area contributed by atoms with Crippen LogP contribution in [0.5, 0.6) is 0 Å². The molecule has 0 aliphatic carbocycles.